The fourth-order valence-corrected chi connectivity index (χ4v) is 7.93. The Kier molecular flexibility index (Phi) is 6.09. The second-order valence-electron chi connectivity index (χ2n) is 11.6. The first-order chi connectivity index (χ1) is 22.0. The Morgan fingerprint density at radius 3 is 2.48 bits per heavy atom. The Hall–Kier alpha value is -5.19. The molecule has 0 aliphatic carbocycles. The summed E-state index contributed by atoms with van der Waals surface area (Å²) in [5.74, 6) is -0.559. The van der Waals surface area contributed by atoms with E-state index in [9.17, 15) is 22.0 Å². The molecule has 0 radical (unpaired) electrons. The number of anilines is 1. The number of alkyl halides is 2. The topological polar surface area (TPSA) is 184 Å². The van der Waals surface area contributed by atoms with E-state index in [2.05, 4.69) is 34.7 Å². The number of fused-ring (bicyclic) bond motifs is 4. The third kappa shape index (κ3) is 4.52. The van der Waals surface area contributed by atoms with E-state index >= 15 is 0 Å². The summed E-state index contributed by atoms with van der Waals surface area (Å²) >= 11 is 0. The van der Waals surface area contributed by atoms with Crippen LogP contribution in [0.1, 0.15) is 47.9 Å². The van der Waals surface area contributed by atoms with Crippen LogP contribution in [0, 0.1) is 0 Å². The van der Waals surface area contributed by atoms with Crippen LogP contribution in [0.5, 0.6) is 11.5 Å². The number of hydrogen-bond donors (Lipinski definition) is 2. The Labute approximate surface area is 259 Å². The van der Waals surface area contributed by atoms with E-state index in [1.54, 1.807) is 24.4 Å². The zero-order valence-corrected chi connectivity index (χ0v) is 24.9. The summed E-state index contributed by atoms with van der Waals surface area (Å²) in [6.45, 7) is 0. The quantitative estimate of drug-likeness (QED) is 0.284. The van der Waals surface area contributed by atoms with Crippen LogP contribution in [-0.2, 0) is 9.84 Å². The van der Waals surface area contributed by atoms with Crippen LogP contribution in [0.3, 0.4) is 0 Å². The molecule has 4 aromatic heterocycles. The van der Waals surface area contributed by atoms with Gasteiger partial charge < -0.3 is 25.1 Å². The number of hydrogen-bond acceptors (Lipinski definition) is 11. The lowest BCUT2D eigenvalue weighted by atomic mass is 9.87. The average molecular weight is 650 g/mol. The largest absolute Gasteiger partial charge is 0.586 e. The van der Waals surface area contributed by atoms with E-state index in [1.165, 1.54) is 29.2 Å². The molecular weight excluding hydrogens is 624 g/mol. The molecule has 2 bridgehead atoms. The lowest BCUT2D eigenvalue weighted by molar-refractivity contribution is -0.286. The zero-order chi connectivity index (χ0) is 32.0. The molecule has 0 spiro atoms. The van der Waals surface area contributed by atoms with Crippen molar-refractivity contribution < 1.29 is 31.5 Å². The van der Waals surface area contributed by atoms with Gasteiger partial charge in [-0.05, 0) is 49.9 Å². The lowest BCUT2D eigenvalue weighted by Crippen LogP contribution is -2.46. The molecule has 7 heterocycles. The van der Waals surface area contributed by atoms with Gasteiger partial charge >= 0.3 is 6.29 Å². The summed E-state index contributed by atoms with van der Waals surface area (Å²) in [4.78, 5) is 27.1. The van der Waals surface area contributed by atoms with E-state index in [0.29, 0.717) is 46.6 Å². The number of sulfone groups is 1. The van der Waals surface area contributed by atoms with Crippen LogP contribution in [0.4, 0.5) is 14.6 Å². The smallest absolute Gasteiger partial charge is 0.395 e. The summed E-state index contributed by atoms with van der Waals surface area (Å²) in [5, 5.41) is 12.0. The van der Waals surface area contributed by atoms with E-state index in [1.807, 2.05) is 4.90 Å². The number of aromatic amines is 1. The van der Waals surface area contributed by atoms with Gasteiger partial charge in [-0.15, -0.1) is 19.0 Å². The maximum absolute atomic E-state index is 13.5. The molecule has 2 fully saturated rings. The van der Waals surface area contributed by atoms with Gasteiger partial charge in [0.2, 0.25) is 5.82 Å². The Balaban J connectivity index is 1.15. The van der Waals surface area contributed by atoms with E-state index in [-0.39, 0.29) is 51.9 Å². The molecule has 14 nitrogen and oxygen atoms in total. The zero-order valence-electron chi connectivity index (χ0n) is 24.1. The fourth-order valence-electron chi connectivity index (χ4n) is 6.87. The monoisotopic (exact) mass is 649 g/mol. The minimum Gasteiger partial charge on any atom is -0.395 e. The molecule has 17 heteroatoms. The Morgan fingerprint density at radius 1 is 1.07 bits per heavy atom. The van der Waals surface area contributed by atoms with Crippen molar-refractivity contribution in [1.82, 2.24) is 39.7 Å². The second-order valence-corrected chi connectivity index (χ2v) is 13.6. The third-order valence-corrected chi connectivity index (χ3v) is 9.94. The highest BCUT2D eigenvalue weighted by molar-refractivity contribution is 7.91. The molecule has 3 aliphatic heterocycles. The van der Waals surface area contributed by atoms with Crippen molar-refractivity contribution in [2.75, 3.05) is 12.0 Å². The minimum absolute atomic E-state index is 0.0528. The molecule has 8 rings (SSSR count). The highest BCUT2D eigenvalue weighted by Crippen LogP contribution is 2.46. The van der Waals surface area contributed by atoms with Crippen LogP contribution < -0.4 is 15.2 Å². The van der Waals surface area contributed by atoms with Crippen molar-refractivity contribution in [1.29, 1.82) is 0 Å². The number of piperidine rings is 1. The molecule has 236 valence electrons. The van der Waals surface area contributed by atoms with Gasteiger partial charge in [-0.2, -0.15) is 9.61 Å². The number of nitrogens with zero attached hydrogens (tertiary/aromatic N) is 7. The SMILES string of the molecule is CS(=O)(=O)c1c([C@@H]2C[C@H]3CC[C@@H](C2)N3C(=O)c2nnc[nH]2)nc2c(-c3ccc(-c4ccc5c(c4)OC(F)(F)O5)nc3)cnn2c1N. The summed E-state index contributed by atoms with van der Waals surface area (Å²) in [6, 6.07) is 7.64. The van der Waals surface area contributed by atoms with Crippen LogP contribution in [-0.4, -0.2) is 78.6 Å². The summed E-state index contributed by atoms with van der Waals surface area (Å²) < 4.78 is 63.5. The molecule has 46 heavy (non-hydrogen) atoms. The highest BCUT2D eigenvalue weighted by atomic mass is 32.2. The van der Waals surface area contributed by atoms with E-state index in [4.69, 9.17) is 10.7 Å². The molecule has 3 aliphatic rings. The number of aromatic nitrogens is 7. The maximum Gasteiger partial charge on any atom is 0.586 e. The van der Waals surface area contributed by atoms with Gasteiger partial charge in [0.1, 0.15) is 17.0 Å². The maximum atomic E-state index is 13.5. The number of carbonyl (C=O) groups excluding carboxylic acids is 1. The first kappa shape index (κ1) is 28.3. The molecule has 1 amide bonds. The lowest BCUT2D eigenvalue weighted by Gasteiger charge is -2.38. The van der Waals surface area contributed by atoms with Crippen molar-refractivity contribution in [2.45, 2.75) is 54.9 Å². The van der Waals surface area contributed by atoms with Crippen molar-refractivity contribution in [2.24, 2.45) is 0 Å². The third-order valence-electron chi connectivity index (χ3n) is 8.78. The number of carbonyl (C=O) groups is 1. The molecule has 3 atom stereocenters. The Bertz CT molecular complexity index is 2120. The number of nitrogens with two attached hydrogens (primary N) is 1. The summed E-state index contributed by atoms with van der Waals surface area (Å²) in [5.41, 5.74) is 9.43. The number of nitrogens with one attached hydrogen (secondary N) is 1. The number of H-pyrrole nitrogens is 1. The van der Waals surface area contributed by atoms with Gasteiger partial charge in [0.15, 0.2) is 27.0 Å². The predicted molar refractivity (Wildman–Crippen MR) is 157 cm³/mol. The molecule has 1 aromatic carbocycles. The number of benzene rings is 1. The molecule has 0 unspecified atom stereocenters. The molecule has 3 N–H and O–H groups in total. The first-order valence-electron chi connectivity index (χ1n) is 14.4. The van der Waals surface area contributed by atoms with Crippen LogP contribution in [0.15, 0.2) is 53.9 Å². The molecule has 2 saturated heterocycles. The van der Waals surface area contributed by atoms with Crippen molar-refractivity contribution in [3.63, 3.8) is 0 Å². The predicted octanol–water partition coefficient (Wildman–Crippen LogP) is 3.43. The second kappa shape index (κ2) is 9.90. The van der Waals surface area contributed by atoms with Gasteiger partial charge in [-0.25, -0.2) is 13.4 Å². The van der Waals surface area contributed by atoms with Gasteiger partial charge in [0.25, 0.3) is 5.91 Å². The average Bonchev–Trinajstić information content (AvgIpc) is 3.80. The van der Waals surface area contributed by atoms with Gasteiger partial charge in [-0.3, -0.25) is 9.78 Å². The fraction of sp³-hybridized carbons (Fsp3) is 0.310. The van der Waals surface area contributed by atoms with Crippen LogP contribution in [0.2, 0.25) is 0 Å². The normalized spacial score (nSPS) is 21.6. The molecule has 5 aromatic rings. The van der Waals surface area contributed by atoms with Crippen LogP contribution >= 0.6 is 0 Å². The summed E-state index contributed by atoms with van der Waals surface area (Å²) in [6.07, 6.45) is 4.40. The van der Waals surface area contributed by atoms with Crippen LogP contribution in [0.25, 0.3) is 28.0 Å². The molecular formula is C29H25F2N9O5S. The molecule has 0 saturated carbocycles. The van der Waals surface area contributed by atoms with Crippen molar-refractivity contribution in [3.05, 3.63) is 60.6 Å². The Morgan fingerprint density at radius 2 is 1.80 bits per heavy atom. The number of ether oxygens (including phenoxy) is 2. The van der Waals surface area contributed by atoms with Gasteiger partial charge in [-0.1, -0.05) is 6.07 Å². The van der Waals surface area contributed by atoms with Gasteiger partial charge in [0, 0.05) is 47.1 Å². The minimum atomic E-state index is -3.82. The first-order valence-corrected chi connectivity index (χ1v) is 16.3. The number of rotatable bonds is 5. The van der Waals surface area contributed by atoms with E-state index < -0.39 is 16.1 Å². The van der Waals surface area contributed by atoms with Gasteiger partial charge in [0.05, 0.1) is 17.6 Å². The summed E-state index contributed by atoms with van der Waals surface area (Å²) in [7, 11) is -3.82. The van der Waals surface area contributed by atoms with E-state index in [0.717, 1.165) is 19.1 Å². The standard InChI is InChI=1S/C29H25F2N9O5S/c1-46(42,43)24-23(16-8-17-4-5-18(9-16)39(17)28(41)26-34-13-35-38-26)37-27-19(12-36-40(27)25(24)32)15-2-6-20(33-11-15)14-3-7-21-22(10-14)45-29(30,31)44-21/h2-3,6-7,10-13,16-18H,4-5,8-9,32H2,1H3,(H,34,35,38)/t16-,17-,18+. The number of pyridine rings is 1. The number of nitrogen functional groups attached to an aromatic ring is 1. The number of halogens is 2. The van der Waals surface area contributed by atoms with Crippen molar-refractivity contribution in [3.8, 4) is 33.9 Å². The van der Waals surface area contributed by atoms with Crippen molar-refractivity contribution >= 4 is 27.2 Å². The highest BCUT2D eigenvalue weighted by Gasteiger charge is 2.46. The number of amides is 1.